The molecule has 32 heavy (non-hydrogen) atoms. The molecule has 9 heteroatoms. The van der Waals surface area contributed by atoms with E-state index >= 15 is 0 Å². The molecule has 9 nitrogen and oxygen atoms in total. The quantitative estimate of drug-likeness (QED) is 0.484. The lowest BCUT2D eigenvalue weighted by Gasteiger charge is -2.39. The summed E-state index contributed by atoms with van der Waals surface area (Å²) >= 11 is 0. The smallest absolute Gasteiger partial charge is 0.231 e. The van der Waals surface area contributed by atoms with Crippen LogP contribution in [0.5, 0.6) is 5.75 Å². The summed E-state index contributed by atoms with van der Waals surface area (Å²) in [6.45, 7) is 1.70. The van der Waals surface area contributed by atoms with Crippen LogP contribution in [0.1, 0.15) is 5.56 Å². The maximum Gasteiger partial charge on any atom is 0.231 e. The van der Waals surface area contributed by atoms with Gasteiger partial charge >= 0.3 is 0 Å². The van der Waals surface area contributed by atoms with Crippen LogP contribution < -0.4 is 15.0 Å². The third-order valence-electron chi connectivity index (χ3n) is 5.24. The minimum Gasteiger partial charge on any atom is -0.489 e. The fraction of sp³-hybridized carbons (Fsp3) is 0.174. The van der Waals surface area contributed by atoms with Gasteiger partial charge < -0.3 is 15.0 Å². The average Bonchev–Trinajstić information content (AvgIpc) is 3.34. The lowest BCUT2D eigenvalue weighted by Crippen LogP contribution is -2.52. The molecule has 3 heterocycles. The van der Waals surface area contributed by atoms with Crippen LogP contribution in [0.15, 0.2) is 79.6 Å². The van der Waals surface area contributed by atoms with Crippen molar-refractivity contribution in [2.45, 2.75) is 6.61 Å². The third-order valence-corrected chi connectivity index (χ3v) is 5.24. The van der Waals surface area contributed by atoms with Crippen molar-refractivity contribution in [3.63, 3.8) is 0 Å². The number of amides is 1. The van der Waals surface area contributed by atoms with Gasteiger partial charge in [0.25, 0.3) is 0 Å². The Balaban J connectivity index is 1.12. The Labute approximate surface area is 184 Å². The summed E-state index contributed by atoms with van der Waals surface area (Å²) in [6.07, 6.45) is 4.52. The highest BCUT2D eigenvalue weighted by atomic mass is 16.5. The van der Waals surface area contributed by atoms with Gasteiger partial charge in [0, 0.05) is 24.8 Å². The third kappa shape index (κ3) is 4.41. The van der Waals surface area contributed by atoms with Gasteiger partial charge in [0.05, 0.1) is 5.92 Å². The number of nitrogens with zero attached hydrogens (tertiary/aromatic N) is 6. The van der Waals surface area contributed by atoms with Crippen LogP contribution in [0.3, 0.4) is 0 Å². The first-order chi connectivity index (χ1) is 15.7. The monoisotopic (exact) mass is 427 g/mol. The largest absolute Gasteiger partial charge is 0.489 e. The first kappa shape index (κ1) is 19.7. The van der Waals surface area contributed by atoms with E-state index < -0.39 is 0 Å². The second kappa shape index (κ2) is 8.84. The van der Waals surface area contributed by atoms with E-state index in [0.717, 1.165) is 22.8 Å². The first-order valence-electron chi connectivity index (χ1n) is 10.2. The van der Waals surface area contributed by atoms with Crippen LogP contribution in [-0.2, 0) is 11.4 Å². The Kier molecular flexibility index (Phi) is 5.44. The normalized spacial score (nSPS) is 13.4. The summed E-state index contributed by atoms with van der Waals surface area (Å²) in [6, 6.07) is 19.2. The van der Waals surface area contributed by atoms with Gasteiger partial charge in [-0.05, 0) is 29.8 Å². The van der Waals surface area contributed by atoms with Crippen molar-refractivity contribution in [2.24, 2.45) is 5.92 Å². The van der Waals surface area contributed by atoms with Crippen LogP contribution in [0.2, 0.25) is 0 Å². The molecule has 2 aromatic heterocycles. The molecule has 1 aliphatic heterocycles. The van der Waals surface area contributed by atoms with E-state index in [1.54, 1.807) is 11.0 Å². The Hall–Kier alpha value is -4.27. The standard InChI is InChI=1S/C23H21N7O2/c31-23(28-19-6-8-20(9-7-19)32-13-17-4-2-1-3-5-17)18-11-29(12-18)21-10-22(26-15-25-21)30-16-24-14-27-30/h1-10,14-16,18H,11-13H2,(H,28,31). The second-order valence-electron chi connectivity index (χ2n) is 7.46. The highest BCUT2D eigenvalue weighted by Gasteiger charge is 2.33. The SMILES string of the molecule is O=C(Nc1ccc(OCc2ccccc2)cc1)C1CN(c2cc(-n3cncn3)ncn2)C1. The molecule has 160 valence electrons. The van der Waals surface area contributed by atoms with Gasteiger partial charge in [-0.25, -0.2) is 19.6 Å². The molecule has 0 atom stereocenters. The predicted molar refractivity (Wildman–Crippen MR) is 118 cm³/mol. The number of carbonyl (C=O) groups is 1. The van der Waals surface area contributed by atoms with Gasteiger partial charge in [-0.3, -0.25) is 4.79 Å². The van der Waals surface area contributed by atoms with Gasteiger partial charge in [-0.15, -0.1) is 0 Å². The topological polar surface area (TPSA) is 98.1 Å². The van der Waals surface area contributed by atoms with E-state index in [4.69, 9.17) is 4.74 Å². The minimum atomic E-state index is -0.103. The lowest BCUT2D eigenvalue weighted by atomic mass is 9.99. The number of anilines is 2. The molecule has 1 saturated heterocycles. The zero-order chi connectivity index (χ0) is 21.8. The van der Waals surface area contributed by atoms with E-state index in [1.165, 1.54) is 12.7 Å². The number of hydrogen-bond acceptors (Lipinski definition) is 7. The molecule has 0 spiro atoms. The zero-order valence-corrected chi connectivity index (χ0v) is 17.2. The van der Waals surface area contributed by atoms with Gasteiger partial charge in [-0.2, -0.15) is 5.10 Å². The van der Waals surface area contributed by atoms with Crippen LogP contribution in [0.25, 0.3) is 5.82 Å². The average molecular weight is 427 g/mol. The van der Waals surface area contributed by atoms with Crippen LogP contribution in [0.4, 0.5) is 11.5 Å². The summed E-state index contributed by atoms with van der Waals surface area (Å²) in [5.74, 6) is 2.04. The number of nitrogens with one attached hydrogen (secondary N) is 1. The molecular formula is C23H21N7O2. The maximum absolute atomic E-state index is 12.6. The molecule has 4 aromatic rings. The Morgan fingerprint density at radius 2 is 1.78 bits per heavy atom. The molecule has 1 amide bonds. The molecule has 1 aliphatic rings. The number of hydrogen-bond donors (Lipinski definition) is 1. The number of aromatic nitrogens is 5. The Morgan fingerprint density at radius 1 is 1.00 bits per heavy atom. The van der Waals surface area contributed by atoms with Crippen LogP contribution >= 0.6 is 0 Å². The molecule has 5 rings (SSSR count). The minimum absolute atomic E-state index is 0.00948. The molecular weight excluding hydrogens is 406 g/mol. The number of rotatable bonds is 7. The van der Waals surface area contributed by atoms with Crippen molar-refractivity contribution >= 4 is 17.4 Å². The molecule has 0 saturated carbocycles. The summed E-state index contributed by atoms with van der Waals surface area (Å²) < 4.78 is 7.36. The highest BCUT2D eigenvalue weighted by molar-refractivity contribution is 5.94. The van der Waals surface area contributed by atoms with Crippen molar-refractivity contribution in [3.05, 3.63) is 85.2 Å². The Bertz CT molecular complexity index is 1170. The van der Waals surface area contributed by atoms with Crippen molar-refractivity contribution < 1.29 is 9.53 Å². The maximum atomic E-state index is 12.6. The molecule has 1 fully saturated rings. The van der Waals surface area contributed by atoms with E-state index in [9.17, 15) is 4.79 Å². The van der Waals surface area contributed by atoms with E-state index in [0.29, 0.717) is 25.5 Å². The van der Waals surface area contributed by atoms with Crippen molar-refractivity contribution in [1.29, 1.82) is 0 Å². The van der Waals surface area contributed by atoms with Gasteiger partial charge in [0.2, 0.25) is 5.91 Å². The highest BCUT2D eigenvalue weighted by Crippen LogP contribution is 2.25. The van der Waals surface area contributed by atoms with E-state index in [1.807, 2.05) is 65.6 Å². The molecule has 1 N–H and O–H groups in total. The summed E-state index contributed by atoms with van der Waals surface area (Å²) in [5, 5.41) is 7.05. The molecule has 0 bridgehead atoms. The fourth-order valence-corrected chi connectivity index (χ4v) is 3.41. The second-order valence-corrected chi connectivity index (χ2v) is 7.46. The van der Waals surface area contributed by atoms with Crippen LogP contribution in [-0.4, -0.2) is 43.7 Å². The van der Waals surface area contributed by atoms with Gasteiger partial charge in [0.15, 0.2) is 5.82 Å². The first-order valence-corrected chi connectivity index (χ1v) is 10.2. The van der Waals surface area contributed by atoms with Crippen molar-refractivity contribution in [1.82, 2.24) is 24.7 Å². The summed E-state index contributed by atoms with van der Waals surface area (Å²) in [4.78, 5) is 27.1. The number of carbonyl (C=O) groups excluding carboxylic acids is 1. The molecule has 2 aromatic carbocycles. The predicted octanol–water partition coefficient (Wildman–Crippen LogP) is 2.71. The number of ether oxygens (including phenoxy) is 1. The van der Waals surface area contributed by atoms with Crippen molar-refractivity contribution in [2.75, 3.05) is 23.3 Å². The molecule has 0 aliphatic carbocycles. The van der Waals surface area contributed by atoms with Gasteiger partial charge in [-0.1, -0.05) is 30.3 Å². The number of benzene rings is 2. The van der Waals surface area contributed by atoms with Gasteiger partial charge in [0.1, 0.15) is 37.2 Å². The fourth-order valence-electron chi connectivity index (χ4n) is 3.41. The van der Waals surface area contributed by atoms with E-state index in [2.05, 4.69) is 25.4 Å². The Morgan fingerprint density at radius 3 is 2.53 bits per heavy atom. The molecule has 0 radical (unpaired) electrons. The van der Waals surface area contributed by atoms with E-state index in [-0.39, 0.29) is 11.8 Å². The summed E-state index contributed by atoms with van der Waals surface area (Å²) in [5.41, 5.74) is 1.85. The lowest BCUT2D eigenvalue weighted by molar-refractivity contribution is -0.120. The van der Waals surface area contributed by atoms with Crippen LogP contribution in [0, 0.1) is 5.92 Å². The van der Waals surface area contributed by atoms with Crippen molar-refractivity contribution in [3.8, 4) is 11.6 Å². The molecule has 0 unspecified atom stereocenters. The summed E-state index contributed by atoms with van der Waals surface area (Å²) in [7, 11) is 0. The zero-order valence-electron chi connectivity index (χ0n) is 17.2.